The number of aryl methyl sites for hydroxylation is 1. The number of rotatable bonds is 4. The standard InChI is InChI=1S/C11H18N4O2S3/c1-8-13-7-9(14-8)20(16,17)15-5-3-11(19-2,4-6-15)10(12)18/h7H,3-6H2,1-2H3,(H2,12,18)(H,13,14). The molecule has 112 valence electrons. The van der Waals surface area contributed by atoms with Gasteiger partial charge in [-0.05, 0) is 26.0 Å². The van der Waals surface area contributed by atoms with Gasteiger partial charge in [0.25, 0.3) is 10.0 Å². The quantitative estimate of drug-likeness (QED) is 0.795. The second-order valence-corrected chi connectivity index (χ2v) is 8.34. The van der Waals surface area contributed by atoms with E-state index in [9.17, 15) is 8.42 Å². The summed E-state index contributed by atoms with van der Waals surface area (Å²) in [6.45, 7) is 2.55. The Morgan fingerprint density at radius 1 is 1.55 bits per heavy atom. The van der Waals surface area contributed by atoms with E-state index in [2.05, 4.69) is 9.97 Å². The maximum absolute atomic E-state index is 12.5. The lowest BCUT2D eigenvalue weighted by Crippen LogP contribution is -2.50. The van der Waals surface area contributed by atoms with Crippen LogP contribution < -0.4 is 5.73 Å². The van der Waals surface area contributed by atoms with E-state index in [0.717, 1.165) is 0 Å². The van der Waals surface area contributed by atoms with Crippen molar-refractivity contribution in [2.24, 2.45) is 5.73 Å². The molecule has 0 atom stereocenters. The van der Waals surface area contributed by atoms with Crippen molar-refractivity contribution in [3.63, 3.8) is 0 Å². The number of H-pyrrole nitrogens is 1. The smallest absolute Gasteiger partial charge is 0.260 e. The van der Waals surface area contributed by atoms with Crippen LogP contribution in [0, 0.1) is 6.92 Å². The number of piperidine rings is 1. The second kappa shape index (κ2) is 5.63. The SMILES string of the molecule is CSC1(C(N)=S)CCN(S(=O)(=O)c2cnc(C)[nH]2)CC1. The number of sulfonamides is 1. The number of imidazole rings is 1. The molecule has 0 saturated carbocycles. The summed E-state index contributed by atoms with van der Waals surface area (Å²) in [6, 6.07) is 0. The van der Waals surface area contributed by atoms with Crippen molar-refractivity contribution in [2.45, 2.75) is 29.5 Å². The Morgan fingerprint density at radius 3 is 2.55 bits per heavy atom. The van der Waals surface area contributed by atoms with Crippen LogP contribution in [0.25, 0.3) is 0 Å². The van der Waals surface area contributed by atoms with Crippen molar-refractivity contribution >= 4 is 39.0 Å². The van der Waals surface area contributed by atoms with E-state index in [1.807, 2.05) is 6.26 Å². The van der Waals surface area contributed by atoms with E-state index < -0.39 is 10.0 Å². The lowest BCUT2D eigenvalue weighted by Gasteiger charge is -2.39. The molecule has 1 saturated heterocycles. The fourth-order valence-corrected chi connectivity index (χ4v) is 4.96. The number of thiocarbonyl (C=S) groups is 1. The monoisotopic (exact) mass is 334 g/mol. The van der Waals surface area contributed by atoms with Crippen molar-refractivity contribution < 1.29 is 8.42 Å². The molecular weight excluding hydrogens is 316 g/mol. The lowest BCUT2D eigenvalue weighted by molar-refractivity contribution is 0.332. The summed E-state index contributed by atoms with van der Waals surface area (Å²) in [5, 5.41) is 0.141. The Bertz CT molecular complexity index is 603. The fourth-order valence-electron chi connectivity index (χ4n) is 2.31. The molecule has 0 bridgehead atoms. The van der Waals surface area contributed by atoms with Crippen LogP contribution >= 0.6 is 24.0 Å². The molecule has 1 aliphatic heterocycles. The Labute approximate surface area is 128 Å². The maximum atomic E-state index is 12.5. The highest BCUT2D eigenvalue weighted by Gasteiger charge is 2.40. The molecule has 1 fully saturated rings. The zero-order chi connectivity index (χ0) is 15.0. The van der Waals surface area contributed by atoms with Crippen molar-refractivity contribution in [3.05, 3.63) is 12.0 Å². The summed E-state index contributed by atoms with van der Waals surface area (Å²) in [5.74, 6) is 0.585. The van der Waals surface area contributed by atoms with Gasteiger partial charge in [-0.3, -0.25) is 0 Å². The third-order valence-corrected chi connectivity index (χ3v) is 7.41. The molecule has 0 amide bonds. The summed E-state index contributed by atoms with van der Waals surface area (Å²) >= 11 is 6.73. The third kappa shape index (κ3) is 2.72. The van der Waals surface area contributed by atoms with Crippen LogP contribution in [0.5, 0.6) is 0 Å². The van der Waals surface area contributed by atoms with E-state index in [-0.39, 0.29) is 9.77 Å². The van der Waals surface area contributed by atoms with Gasteiger partial charge in [0, 0.05) is 13.1 Å². The maximum Gasteiger partial charge on any atom is 0.260 e. The highest BCUT2D eigenvalue weighted by molar-refractivity contribution is 8.02. The molecule has 2 heterocycles. The van der Waals surface area contributed by atoms with E-state index in [1.54, 1.807) is 18.7 Å². The Balaban J connectivity index is 2.16. The second-order valence-electron chi connectivity index (χ2n) is 4.80. The molecule has 0 unspecified atom stereocenters. The molecule has 0 spiro atoms. The molecular formula is C11H18N4O2S3. The number of thioether (sulfide) groups is 1. The summed E-state index contributed by atoms with van der Waals surface area (Å²) in [5.41, 5.74) is 5.81. The molecule has 1 aliphatic rings. The molecule has 6 nitrogen and oxygen atoms in total. The van der Waals surface area contributed by atoms with Gasteiger partial charge in [-0.1, -0.05) is 12.2 Å². The van der Waals surface area contributed by atoms with Crippen LogP contribution in [0.4, 0.5) is 0 Å². The highest BCUT2D eigenvalue weighted by Crippen LogP contribution is 2.36. The predicted octanol–water partition coefficient (Wildman–Crippen LogP) is 0.891. The summed E-state index contributed by atoms with van der Waals surface area (Å²) < 4.78 is 26.1. The number of nitrogens with zero attached hydrogens (tertiary/aromatic N) is 2. The molecule has 1 aromatic heterocycles. The van der Waals surface area contributed by atoms with Gasteiger partial charge < -0.3 is 10.7 Å². The third-order valence-electron chi connectivity index (χ3n) is 3.67. The van der Waals surface area contributed by atoms with Crippen molar-refractivity contribution in [1.29, 1.82) is 0 Å². The fraction of sp³-hybridized carbons (Fsp3) is 0.636. The van der Waals surface area contributed by atoms with Crippen LogP contribution in [0.1, 0.15) is 18.7 Å². The first-order chi connectivity index (χ1) is 9.32. The minimum Gasteiger partial charge on any atom is -0.392 e. The molecule has 0 radical (unpaired) electrons. The zero-order valence-corrected chi connectivity index (χ0v) is 13.9. The van der Waals surface area contributed by atoms with Gasteiger partial charge in [-0.2, -0.15) is 16.1 Å². The molecule has 20 heavy (non-hydrogen) atoms. The normalized spacial score (nSPS) is 19.9. The van der Waals surface area contributed by atoms with Gasteiger partial charge in [0.15, 0.2) is 5.03 Å². The van der Waals surface area contributed by atoms with E-state index in [0.29, 0.717) is 36.7 Å². The Hall–Kier alpha value is -0.640. The Kier molecular flexibility index (Phi) is 4.43. The van der Waals surface area contributed by atoms with Gasteiger partial charge in [-0.15, -0.1) is 0 Å². The van der Waals surface area contributed by atoms with Gasteiger partial charge in [0.1, 0.15) is 5.82 Å². The van der Waals surface area contributed by atoms with Gasteiger partial charge in [-0.25, -0.2) is 13.4 Å². The first-order valence-electron chi connectivity index (χ1n) is 6.19. The highest BCUT2D eigenvalue weighted by atomic mass is 32.2. The average molecular weight is 334 g/mol. The molecule has 9 heteroatoms. The van der Waals surface area contributed by atoms with Gasteiger partial charge in [0.05, 0.1) is 15.9 Å². The number of nitrogens with one attached hydrogen (secondary N) is 1. The molecule has 1 aromatic rings. The van der Waals surface area contributed by atoms with Crippen molar-refractivity contribution in [2.75, 3.05) is 19.3 Å². The molecule has 2 rings (SSSR count). The largest absolute Gasteiger partial charge is 0.392 e. The lowest BCUT2D eigenvalue weighted by atomic mass is 9.97. The van der Waals surface area contributed by atoms with Crippen LogP contribution in [-0.4, -0.2) is 51.8 Å². The summed E-state index contributed by atoms with van der Waals surface area (Å²) in [6.07, 6.45) is 4.59. The molecule has 0 aromatic carbocycles. The van der Waals surface area contributed by atoms with Crippen LogP contribution in [0.2, 0.25) is 0 Å². The predicted molar refractivity (Wildman–Crippen MR) is 84.3 cm³/mol. The Morgan fingerprint density at radius 2 is 2.15 bits per heavy atom. The molecule has 3 N–H and O–H groups in total. The first kappa shape index (κ1) is 15.7. The summed E-state index contributed by atoms with van der Waals surface area (Å²) in [7, 11) is -3.50. The first-order valence-corrected chi connectivity index (χ1v) is 9.26. The van der Waals surface area contributed by atoms with Crippen molar-refractivity contribution in [1.82, 2.24) is 14.3 Å². The van der Waals surface area contributed by atoms with Crippen LogP contribution in [0.15, 0.2) is 11.2 Å². The minimum absolute atomic E-state index is 0.141. The number of nitrogens with two attached hydrogens (primary N) is 1. The average Bonchev–Trinajstić information content (AvgIpc) is 2.86. The summed E-state index contributed by atoms with van der Waals surface area (Å²) in [4.78, 5) is 7.18. The van der Waals surface area contributed by atoms with Gasteiger partial charge >= 0.3 is 0 Å². The van der Waals surface area contributed by atoms with E-state index >= 15 is 0 Å². The number of hydrogen-bond donors (Lipinski definition) is 2. The molecule has 0 aliphatic carbocycles. The van der Waals surface area contributed by atoms with E-state index in [4.69, 9.17) is 18.0 Å². The minimum atomic E-state index is -3.50. The topological polar surface area (TPSA) is 92.1 Å². The number of hydrogen-bond acceptors (Lipinski definition) is 5. The van der Waals surface area contributed by atoms with Crippen LogP contribution in [0.3, 0.4) is 0 Å². The number of aromatic amines is 1. The van der Waals surface area contributed by atoms with E-state index in [1.165, 1.54) is 10.5 Å². The van der Waals surface area contributed by atoms with Gasteiger partial charge in [0.2, 0.25) is 0 Å². The van der Waals surface area contributed by atoms with Crippen LogP contribution in [-0.2, 0) is 10.0 Å². The van der Waals surface area contributed by atoms with Crippen molar-refractivity contribution in [3.8, 4) is 0 Å². The zero-order valence-electron chi connectivity index (χ0n) is 11.4. The number of aromatic nitrogens is 2.